The second-order valence-corrected chi connectivity index (χ2v) is 5.15. The number of hydrogen-bond donors (Lipinski definition) is 2. The monoisotopic (exact) mass is 258 g/mol. The third kappa shape index (κ3) is 2.48. The fourth-order valence-corrected chi connectivity index (χ4v) is 2.35. The first-order valence-corrected chi connectivity index (χ1v) is 6.63. The van der Waals surface area contributed by atoms with Crippen molar-refractivity contribution >= 4 is 35.2 Å². The lowest BCUT2D eigenvalue weighted by Gasteiger charge is -2.04. The average Bonchev–Trinajstić information content (AvgIpc) is 2.61. The maximum atomic E-state index is 11.3. The van der Waals surface area contributed by atoms with Crippen molar-refractivity contribution in [3.05, 3.63) is 35.2 Å². The third-order valence-corrected chi connectivity index (χ3v) is 3.19. The van der Waals surface area contributed by atoms with Gasteiger partial charge in [-0.3, -0.25) is 9.79 Å². The first-order chi connectivity index (χ1) is 7.46. The highest BCUT2D eigenvalue weighted by atomic mass is 32.1. The van der Waals surface area contributed by atoms with Gasteiger partial charge < -0.3 is 4.52 Å². The Morgan fingerprint density at radius 2 is 2.06 bits per heavy atom. The number of benzene rings is 1. The van der Waals surface area contributed by atoms with Crippen LogP contribution in [-0.4, -0.2) is 15.8 Å². The number of thiophene rings is 1. The van der Waals surface area contributed by atoms with Crippen LogP contribution in [0.25, 0.3) is 10.1 Å². The molecule has 0 aliphatic heterocycles. The summed E-state index contributed by atoms with van der Waals surface area (Å²) in [5.41, 5.74) is 0.120. The van der Waals surface area contributed by atoms with Crippen molar-refractivity contribution in [3.8, 4) is 0 Å². The molecule has 0 aliphatic rings. The molecule has 1 aromatic carbocycles. The van der Waals surface area contributed by atoms with Crippen molar-refractivity contribution in [2.45, 2.75) is 0 Å². The molecule has 0 saturated heterocycles. The van der Waals surface area contributed by atoms with Crippen LogP contribution in [0.4, 0.5) is 0 Å². The molecule has 5 nitrogen and oxygen atoms in total. The lowest BCUT2D eigenvalue weighted by molar-refractivity contribution is 0.0678. The molecule has 2 aromatic rings. The lowest BCUT2D eigenvalue weighted by atomic mass is 10.2. The number of phosphoric ester groups is 1. The summed E-state index contributed by atoms with van der Waals surface area (Å²) in [6.45, 7) is 0. The van der Waals surface area contributed by atoms with E-state index in [0.29, 0.717) is 0 Å². The minimum Gasteiger partial charge on any atom is -0.367 e. The maximum absolute atomic E-state index is 11.3. The fraction of sp³-hybridized carbons (Fsp3) is 0. The van der Waals surface area contributed by atoms with E-state index in [1.807, 2.05) is 11.4 Å². The first kappa shape index (κ1) is 11.3. The van der Waals surface area contributed by atoms with E-state index in [1.54, 1.807) is 6.07 Å². The largest absolute Gasteiger partial charge is 0.527 e. The van der Waals surface area contributed by atoms with Gasteiger partial charge in [-0.1, -0.05) is 0 Å². The van der Waals surface area contributed by atoms with Crippen molar-refractivity contribution < 1.29 is 23.7 Å². The summed E-state index contributed by atoms with van der Waals surface area (Å²) in [6.07, 6.45) is 0. The van der Waals surface area contributed by atoms with Gasteiger partial charge in [0.05, 0.1) is 5.56 Å². The van der Waals surface area contributed by atoms with E-state index in [0.717, 1.165) is 10.1 Å². The normalized spacial score (nSPS) is 11.6. The van der Waals surface area contributed by atoms with Crippen LogP contribution in [0.15, 0.2) is 29.6 Å². The average molecular weight is 258 g/mol. The van der Waals surface area contributed by atoms with Crippen molar-refractivity contribution in [2.24, 2.45) is 0 Å². The number of hydrogen-bond acceptors (Lipinski definition) is 4. The topological polar surface area (TPSA) is 83.8 Å². The Morgan fingerprint density at radius 3 is 2.75 bits per heavy atom. The van der Waals surface area contributed by atoms with E-state index < -0.39 is 13.8 Å². The molecule has 0 fully saturated rings. The third-order valence-electron chi connectivity index (χ3n) is 1.89. The SMILES string of the molecule is O=C(OP(=O)(O)O)c1ccc2sccc2c1. The van der Waals surface area contributed by atoms with Crippen molar-refractivity contribution in [1.29, 1.82) is 0 Å². The minimum atomic E-state index is -4.78. The molecule has 0 bridgehead atoms. The molecule has 0 saturated carbocycles. The Labute approximate surface area is 94.5 Å². The number of phosphoric acid groups is 1. The Hall–Kier alpha value is -1.20. The number of rotatable bonds is 2. The summed E-state index contributed by atoms with van der Waals surface area (Å²) in [7, 11) is -4.78. The molecule has 1 aromatic heterocycles. The summed E-state index contributed by atoms with van der Waals surface area (Å²) in [6, 6.07) is 6.52. The molecule has 0 unspecified atom stereocenters. The zero-order chi connectivity index (χ0) is 11.8. The van der Waals surface area contributed by atoms with Gasteiger partial charge in [0.25, 0.3) is 0 Å². The minimum absolute atomic E-state index is 0.120. The van der Waals surface area contributed by atoms with Crippen LogP contribution in [0.2, 0.25) is 0 Å². The molecule has 0 spiro atoms. The van der Waals surface area contributed by atoms with Gasteiger partial charge in [0.15, 0.2) is 0 Å². The highest BCUT2D eigenvalue weighted by molar-refractivity contribution is 7.46. The van der Waals surface area contributed by atoms with E-state index in [-0.39, 0.29) is 5.56 Å². The molecule has 0 amide bonds. The number of fused-ring (bicyclic) bond motifs is 1. The summed E-state index contributed by atoms with van der Waals surface area (Å²) < 4.78 is 15.5. The maximum Gasteiger partial charge on any atom is 0.527 e. The van der Waals surface area contributed by atoms with Gasteiger partial charge in [-0.15, -0.1) is 11.3 Å². The van der Waals surface area contributed by atoms with Gasteiger partial charge >= 0.3 is 13.8 Å². The van der Waals surface area contributed by atoms with Crippen molar-refractivity contribution in [1.82, 2.24) is 0 Å². The Bertz CT molecular complexity index is 584. The summed E-state index contributed by atoms with van der Waals surface area (Å²) in [5.74, 6) is -1.03. The van der Waals surface area contributed by atoms with E-state index in [2.05, 4.69) is 4.52 Å². The summed E-state index contributed by atoms with van der Waals surface area (Å²) in [4.78, 5) is 28.3. The smallest absolute Gasteiger partial charge is 0.367 e. The van der Waals surface area contributed by atoms with Crippen LogP contribution in [-0.2, 0) is 9.09 Å². The van der Waals surface area contributed by atoms with Gasteiger partial charge in [0.2, 0.25) is 0 Å². The molecule has 0 aliphatic carbocycles. The quantitative estimate of drug-likeness (QED) is 0.806. The number of carbonyl (C=O) groups excluding carboxylic acids is 1. The molecule has 1 heterocycles. The van der Waals surface area contributed by atoms with E-state index in [1.165, 1.54) is 23.5 Å². The van der Waals surface area contributed by atoms with Crippen LogP contribution < -0.4 is 0 Å². The zero-order valence-electron chi connectivity index (χ0n) is 7.86. The Kier molecular flexibility index (Phi) is 2.82. The second kappa shape index (κ2) is 3.99. The van der Waals surface area contributed by atoms with Gasteiger partial charge in [0.1, 0.15) is 0 Å². The van der Waals surface area contributed by atoms with Gasteiger partial charge in [-0.25, -0.2) is 9.36 Å². The molecular weight excluding hydrogens is 251 g/mol. The highest BCUT2D eigenvalue weighted by Crippen LogP contribution is 2.37. The van der Waals surface area contributed by atoms with Crippen LogP contribution in [0.1, 0.15) is 10.4 Å². The predicted octanol–water partition coefficient (Wildman–Crippen LogP) is 2.15. The van der Waals surface area contributed by atoms with Gasteiger partial charge in [-0.05, 0) is 35.0 Å². The van der Waals surface area contributed by atoms with Crippen molar-refractivity contribution in [3.63, 3.8) is 0 Å². The van der Waals surface area contributed by atoms with E-state index in [9.17, 15) is 9.36 Å². The second-order valence-electron chi connectivity index (χ2n) is 3.04. The fourth-order valence-electron chi connectivity index (χ4n) is 1.25. The highest BCUT2D eigenvalue weighted by Gasteiger charge is 2.21. The van der Waals surface area contributed by atoms with E-state index in [4.69, 9.17) is 9.79 Å². The predicted molar refractivity (Wildman–Crippen MR) is 59.3 cm³/mol. The molecular formula is C9H7O5PS. The van der Waals surface area contributed by atoms with Crippen LogP contribution >= 0.6 is 19.2 Å². The van der Waals surface area contributed by atoms with Crippen LogP contribution in [0, 0.1) is 0 Å². The van der Waals surface area contributed by atoms with Gasteiger partial charge in [-0.2, -0.15) is 0 Å². The molecule has 0 radical (unpaired) electrons. The Morgan fingerprint density at radius 1 is 1.31 bits per heavy atom. The molecule has 0 atom stereocenters. The van der Waals surface area contributed by atoms with Gasteiger partial charge in [0, 0.05) is 4.70 Å². The van der Waals surface area contributed by atoms with Crippen LogP contribution in [0.5, 0.6) is 0 Å². The Balaban J connectivity index is 2.33. The zero-order valence-corrected chi connectivity index (χ0v) is 9.57. The molecule has 84 valence electrons. The molecule has 7 heteroatoms. The van der Waals surface area contributed by atoms with Crippen molar-refractivity contribution in [2.75, 3.05) is 0 Å². The number of carbonyl (C=O) groups is 1. The summed E-state index contributed by atoms with van der Waals surface area (Å²) >= 11 is 1.52. The summed E-state index contributed by atoms with van der Waals surface area (Å²) in [5, 5.41) is 2.70. The van der Waals surface area contributed by atoms with Crippen LogP contribution in [0.3, 0.4) is 0 Å². The molecule has 16 heavy (non-hydrogen) atoms. The molecule has 2 N–H and O–H groups in total. The molecule has 2 rings (SSSR count). The van der Waals surface area contributed by atoms with E-state index >= 15 is 0 Å². The first-order valence-electron chi connectivity index (χ1n) is 4.22. The standard InChI is InChI=1S/C9H7O5PS/c10-9(14-15(11,12)13)7-1-2-8-6(5-7)3-4-16-8/h1-5H,(H2,11,12,13). The lowest BCUT2D eigenvalue weighted by Crippen LogP contribution is -2.02.